The zero-order valence-corrected chi connectivity index (χ0v) is 15.1. The largest absolute Gasteiger partial charge is 0.494 e. The summed E-state index contributed by atoms with van der Waals surface area (Å²) in [5, 5.41) is 14.4. The highest BCUT2D eigenvalue weighted by Crippen LogP contribution is 2.32. The Balaban J connectivity index is 1.76. The van der Waals surface area contributed by atoms with Gasteiger partial charge in [0.05, 0.1) is 12.0 Å². The van der Waals surface area contributed by atoms with Gasteiger partial charge in [0, 0.05) is 31.3 Å². The summed E-state index contributed by atoms with van der Waals surface area (Å²) in [5.41, 5.74) is 1.08. The van der Waals surface area contributed by atoms with Crippen LogP contribution in [0.4, 0.5) is 15.8 Å². The monoisotopic (exact) mass is 373 g/mol. The third-order valence-electron chi connectivity index (χ3n) is 4.36. The van der Waals surface area contributed by atoms with Gasteiger partial charge < -0.3 is 15.0 Å². The molecule has 1 fully saturated rings. The molecule has 2 aromatic carbocycles. The predicted octanol–water partition coefficient (Wildman–Crippen LogP) is 3.59. The predicted molar refractivity (Wildman–Crippen MR) is 98.5 cm³/mol. The average molecular weight is 373 g/mol. The Morgan fingerprint density at radius 1 is 1.33 bits per heavy atom. The minimum Gasteiger partial charge on any atom is -0.494 e. The van der Waals surface area contributed by atoms with Crippen molar-refractivity contribution in [3.8, 4) is 5.75 Å². The molecule has 3 rings (SSSR count). The highest BCUT2D eigenvalue weighted by Gasteiger charge is 2.26. The third-order valence-corrected chi connectivity index (χ3v) is 4.36. The Labute approximate surface area is 155 Å². The van der Waals surface area contributed by atoms with Gasteiger partial charge in [-0.3, -0.25) is 14.9 Å². The van der Waals surface area contributed by atoms with Gasteiger partial charge in [0.25, 0.3) is 11.6 Å². The van der Waals surface area contributed by atoms with Crippen LogP contribution in [0.2, 0.25) is 0 Å². The van der Waals surface area contributed by atoms with E-state index in [0.29, 0.717) is 11.3 Å². The van der Waals surface area contributed by atoms with Gasteiger partial charge in [-0.15, -0.1) is 0 Å². The Hall–Kier alpha value is -3.16. The molecule has 1 aliphatic rings. The van der Waals surface area contributed by atoms with Gasteiger partial charge in [-0.1, -0.05) is 6.07 Å². The number of methoxy groups -OCH3 is 1. The summed E-state index contributed by atoms with van der Waals surface area (Å²) in [6, 6.07) is 9.11. The zero-order valence-electron chi connectivity index (χ0n) is 15.1. The molecule has 0 aromatic heterocycles. The summed E-state index contributed by atoms with van der Waals surface area (Å²) in [5.74, 6) is -0.767. The molecule has 1 amide bonds. The molecule has 1 N–H and O–H groups in total. The number of rotatable bonds is 7. The van der Waals surface area contributed by atoms with E-state index in [4.69, 9.17) is 4.74 Å². The summed E-state index contributed by atoms with van der Waals surface area (Å²) < 4.78 is 18.7. The van der Waals surface area contributed by atoms with Gasteiger partial charge in [-0.25, -0.2) is 4.39 Å². The van der Waals surface area contributed by atoms with E-state index in [1.54, 1.807) is 25.2 Å². The molecule has 0 bridgehead atoms. The molecule has 0 spiro atoms. The van der Waals surface area contributed by atoms with E-state index in [0.717, 1.165) is 12.8 Å². The summed E-state index contributed by atoms with van der Waals surface area (Å²) >= 11 is 0. The molecule has 0 heterocycles. The first-order chi connectivity index (χ1) is 12.9. The van der Waals surface area contributed by atoms with Crippen LogP contribution < -0.4 is 10.1 Å². The van der Waals surface area contributed by atoms with Crippen LogP contribution in [0.1, 0.15) is 28.8 Å². The lowest BCUT2D eigenvalue weighted by atomic mass is 10.1. The molecule has 0 aliphatic heterocycles. The summed E-state index contributed by atoms with van der Waals surface area (Å²) in [6.07, 6.45) is 1.97. The van der Waals surface area contributed by atoms with Crippen LogP contribution in [-0.2, 0) is 6.54 Å². The first-order valence-corrected chi connectivity index (χ1v) is 8.52. The number of anilines is 1. The number of nitro benzene ring substituents is 1. The lowest BCUT2D eigenvalue weighted by Crippen LogP contribution is -2.26. The second-order valence-corrected chi connectivity index (χ2v) is 6.54. The first-order valence-electron chi connectivity index (χ1n) is 8.52. The number of hydrogen-bond acceptors (Lipinski definition) is 5. The van der Waals surface area contributed by atoms with Crippen molar-refractivity contribution in [1.29, 1.82) is 0 Å². The highest BCUT2D eigenvalue weighted by molar-refractivity contribution is 5.95. The number of hydrogen-bond donors (Lipinski definition) is 1. The Bertz CT molecular complexity index is 883. The van der Waals surface area contributed by atoms with Crippen molar-refractivity contribution in [3.05, 3.63) is 63.5 Å². The lowest BCUT2D eigenvalue weighted by molar-refractivity contribution is -0.384. The minimum atomic E-state index is -0.512. The van der Waals surface area contributed by atoms with E-state index in [-0.39, 0.29) is 35.5 Å². The molecule has 2 aromatic rings. The molecular formula is C19H20FN3O4. The first kappa shape index (κ1) is 18.6. The maximum Gasteiger partial charge on any atom is 0.293 e. The van der Waals surface area contributed by atoms with Crippen LogP contribution in [0.25, 0.3) is 0 Å². The molecule has 1 saturated carbocycles. The molecule has 0 unspecified atom stereocenters. The van der Waals surface area contributed by atoms with Crippen LogP contribution in [0.15, 0.2) is 36.4 Å². The standard InChI is InChI=1S/C19H20FN3O4/c1-22(11-12-3-8-18(27-2)15(20)9-12)19(24)13-4-7-16(21-14-5-6-14)17(10-13)23(25)26/h3-4,7-10,14,21H,5-6,11H2,1-2H3. The topological polar surface area (TPSA) is 84.7 Å². The fourth-order valence-electron chi connectivity index (χ4n) is 2.76. The third kappa shape index (κ3) is 4.33. The van der Waals surface area contributed by atoms with E-state index in [1.165, 1.54) is 30.2 Å². The Kier molecular flexibility index (Phi) is 5.25. The molecule has 27 heavy (non-hydrogen) atoms. The fraction of sp³-hybridized carbons (Fsp3) is 0.316. The van der Waals surface area contributed by atoms with E-state index in [1.807, 2.05) is 0 Å². The second kappa shape index (κ2) is 7.61. The lowest BCUT2D eigenvalue weighted by Gasteiger charge is -2.18. The SMILES string of the molecule is COc1ccc(CN(C)C(=O)c2ccc(NC3CC3)c([N+](=O)[O-])c2)cc1F. The Morgan fingerprint density at radius 3 is 2.67 bits per heavy atom. The van der Waals surface area contributed by atoms with Crippen molar-refractivity contribution < 1.29 is 18.8 Å². The van der Waals surface area contributed by atoms with Crippen molar-refractivity contribution in [2.45, 2.75) is 25.4 Å². The molecule has 142 valence electrons. The number of carbonyl (C=O) groups excluding carboxylic acids is 1. The van der Waals surface area contributed by atoms with Gasteiger partial charge >= 0.3 is 0 Å². The van der Waals surface area contributed by atoms with E-state index in [9.17, 15) is 19.3 Å². The van der Waals surface area contributed by atoms with Crippen LogP contribution in [0, 0.1) is 15.9 Å². The van der Waals surface area contributed by atoms with Gasteiger partial charge in [0.1, 0.15) is 5.69 Å². The number of amides is 1. The molecule has 0 radical (unpaired) electrons. The number of ether oxygens (including phenoxy) is 1. The van der Waals surface area contributed by atoms with Crippen molar-refractivity contribution in [2.75, 3.05) is 19.5 Å². The maximum atomic E-state index is 13.8. The Morgan fingerprint density at radius 2 is 2.07 bits per heavy atom. The normalized spacial score (nSPS) is 13.1. The minimum absolute atomic E-state index is 0.127. The molecule has 8 heteroatoms. The van der Waals surface area contributed by atoms with E-state index >= 15 is 0 Å². The van der Waals surface area contributed by atoms with E-state index < -0.39 is 10.7 Å². The van der Waals surface area contributed by atoms with Crippen molar-refractivity contribution in [1.82, 2.24) is 4.90 Å². The highest BCUT2D eigenvalue weighted by atomic mass is 19.1. The van der Waals surface area contributed by atoms with Gasteiger partial charge in [0.15, 0.2) is 11.6 Å². The van der Waals surface area contributed by atoms with Gasteiger partial charge in [-0.2, -0.15) is 0 Å². The van der Waals surface area contributed by atoms with Gasteiger partial charge in [-0.05, 0) is 42.7 Å². The van der Waals surface area contributed by atoms with Crippen LogP contribution in [0.3, 0.4) is 0 Å². The van der Waals surface area contributed by atoms with Crippen molar-refractivity contribution in [2.24, 2.45) is 0 Å². The van der Waals surface area contributed by atoms with Crippen molar-refractivity contribution >= 4 is 17.3 Å². The molecule has 1 aliphatic carbocycles. The van der Waals surface area contributed by atoms with E-state index in [2.05, 4.69) is 5.32 Å². The second-order valence-electron chi connectivity index (χ2n) is 6.54. The van der Waals surface area contributed by atoms with Crippen molar-refractivity contribution in [3.63, 3.8) is 0 Å². The smallest absolute Gasteiger partial charge is 0.293 e. The molecular weight excluding hydrogens is 353 g/mol. The van der Waals surface area contributed by atoms with Crippen LogP contribution >= 0.6 is 0 Å². The maximum absolute atomic E-state index is 13.8. The number of nitrogens with one attached hydrogen (secondary N) is 1. The average Bonchev–Trinajstić information content (AvgIpc) is 3.45. The molecule has 0 saturated heterocycles. The number of carbonyl (C=O) groups is 1. The number of nitrogens with zero attached hydrogens (tertiary/aromatic N) is 2. The summed E-state index contributed by atoms with van der Waals surface area (Å²) in [7, 11) is 2.94. The molecule has 7 nitrogen and oxygen atoms in total. The number of benzene rings is 2. The van der Waals surface area contributed by atoms with Gasteiger partial charge in [0.2, 0.25) is 0 Å². The number of halogens is 1. The molecule has 0 atom stereocenters. The summed E-state index contributed by atoms with van der Waals surface area (Å²) in [4.78, 5) is 24.9. The fourth-order valence-corrected chi connectivity index (χ4v) is 2.76. The van der Waals surface area contributed by atoms with Crippen LogP contribution in [0.5, 0.6) is 5.75 Å². The van der Waals surface area contributed by atoms with Crippen LogP contribution in [-0.4, -0.2) is 35.9 Å². The quantitative estimate of drug-likeness (QED) is 0.592. The zero-order chi connectivity index (χ0) is 19.6. The number of nitro groups is 1. The summed E-state index contributed by atoms with van der Waals surface area (Å²) in [6.45, 7) is 0.162.